The molecular formula is C20H20ClN3O3S. The van der Waals surface area contributed by atoms with Gasteiger partial charge in [-0.25, -0.2) is 0 Å². The van der Waals surface area contributed by atoms with E-state index in [4.69, 9.17) is 28.6 Å². The average molecular weight is 418 g/mol. The van der Waals surface area contributed by atoms with Crippen molar-refractivity contribution in [1.82, 2.24) is 10.2 Å². The number of thiocarbonyl (C=S) groups is 1. The molecule has 28 heavy (non-hydrogen) atoms. The van der Waals surface area contributed by atoms with Crippen LogP contribution in [0.3, 0.4) is 0 Å². The second-order valence-electron chi connectivity index (χ2n) is 6.35. The normalized spacial score (nSPS) is 13.7. The summed E-state index contributed by atoms with van der Waals surface area (Å²) in [5.41, 5.74) is 2.58. The molecule has 3 rings (SSSR count). The summed E-state index contributed by atoms with van der Waals surface area (Å²) in [5, 5.41) is 6.23. The number of carbonyl (C=O) groups excluding carboxylic acids is 2. The highest BCUT2D eigenvalue weighted by Gasteiger charge is 2.18. The largest absolute Gasteiger partial charge is 0.378 e. The van der Waals surface area contributed by atoms with E-state index in [0.717, 1.165) is 5.56 Å². The third-order valence-corrected chi connectivity index (χ3v) is 4.96. The van der Waals surface area contributed by atoms with Gasteiger partial charge in [0.25, 0.3) is 11.8 Å². The molecule has 0 atom stereocenters. The number of benzene rings is 2. The molecule has 0 saturated carbocycles. The number of ether oxygens (including phenoxy) is 1. The molecule has 1 fully saturated rings. The molecule has 1 aliphatic rings. The number of aryl methyl sites for hydroxylation is 1. The molecule has 0 unspecified atom stereocenters. The number of amides is 2. The first kappa shape index (κ1) is 20.3. The zero-order valence-electron chi connectivity index (χ0n) is 15.3. The van der Waals surface area contributed by atoms with Crippen molar-refractivity contribution < 1.29 is 14.3 Å². The zero-order chi connectivity index (χ0) is 20.1. The molecule has 1 aliphatic heterocycles. The van der Waals surface area contributed by atoms with Gasteiger partial charge >= 0.3 is 0 Å². The Hall–Kier alpha value is -2.48. The van der Waals surface area contributed by atoms with Gasteiger partial charge in [-0.15, -0.1) is 0 Å². The Bertz CT molecular complexity index is 896. The monoisotopic (exact) mass is 417 g/mol. The van der Waals surface area contributed by atoms with E-state index in [1.807, 2.05) is 6.92 Å². The van der Waals surface area contributed by atoms with Crippen LogP contribution < -0.4 is 10.6 Å². The summed E-state index contributed by atoms with van der Waals surface area (Å²) in [6.45, 7) is 4.18. The molecule has 1 saturated heterocycles. The minimum absolute atomic E-state index is 0.0259. The maximum absolute atomic E-state index is 12.4. The van der Waals surface area contributed by atoms with E-state index in [0.29, 0.717) is 48.1 Å². The van der Waals surface area contributed by atoms with Crippen LogP contribution in [0.4, 0.5) is 5.69 Å². The number of carbonyl (C=O) groups is 2. The van der Waals surface area contributed by atoms with Crippen LogP contribution in [0.5, 0.6) is 0 Å². The molecule has 0 radical (unpaired) electrons. The predicted molar refractivity (Wildman–Crippen MR) is 113 cm³/mol. The van der Waals surface area contributed by atoms with Gasteiger partial charge in [-0.2, -0.15) is 0 Å². The molecule has 8 heteroatoms. The van der Waals surface area contributed by atoms with E-state index in [-0.39, 0.29) is 16.9 Å². The molecule has 2 aromatic carbocycles. The highest BCUT2D eigenvalue weighted by atomic mass is 35.5. The molecule has 2 aromatic rings. The number of hydrogen-bond acceptors (Lipinski definition) is 4. The molecule has 6 nitrogen and oxygen atoms in total. The summed E-state index contributed by atoms with van der Waals surface area (Å²) >= 11 is 11.2. The Morgan fingerprint density at radius 1 is 1.07 bits per heavy atom. The molecule has 1 heterocycles. The highest BCUT2D eigenvalue weighted by molar-refractivity contribution is 7.80. The fourth-order valence-corrected chi connectivity index (χ4v) is 3.11. The average Bonchev–Trinajstić information content (AvgIpc) is 2.70. The van der Waals surface area contributed by atoms with Gasteiger partial charge in [-0.05, 0) is 61.1 Å². The second kappa shape index (κ2) is 9.14. The van der Waals surface area contributed by atoms with Crippen molar-refractivity contribution in [2.45, 2.75) is 6.92 Å². The van der Waals surface area contributed by atoms with Gasteiger partial charge < -0.3 is 15.0 Å². The quantitative estimate of drug-likeness (QED) is 0.750. The van der Waals surface area contributed by atoms with Gasteiger partial charge in [-0.3, -0.25) is 14.9 Å². The topological polar surface area (TPSA) is 70.7 Å². The maximum Gasteiger partial charge on any atom is 0.257 e. The van der Waals surface area contributed by atoms with E-state index < -0.39 is 0 Å². The Morgan fingerprint density at radius 2 is 1.71 bits per heavy atom. The fourth-order valence-electron chi connectivity index (χ4n) is 2.72. The summed E-state index contributed by atoms with van der Waals surface area (Å²) in [6, 6.07) is 12.0. The minimum Gasteiger partial charge on any atom is -0.378 e. The molecule has 2 amide bonds. The first-order valence-electron chi connectivity index (χ1n) is 8.79. The Kier molecular flexibility index (Phi) is 6.61. The van der Waals surface area contributed by atoms with Gasteiger partial charge in [0.15, 0.2) is 5.11 Å². The van der Waals surface area contributed by atoms with Crippen LogP contribution in [-0.4, -0.2) is 48.1 Å². The lowest BCUT2D eigenvalue weighted by molar-refractivity contribution is 0.0303. The van der Waals surface area contributed by atoms with E-state index in [9.17, 15) is 9.59 Å². The van der Waals surface area contributed by atoms with Crippen molar-refractivity contribution in [3.8, 4) is 0 Å². The first-order chi connectivity index (χ1) is 13.4. The zero-order valence-corrected chi connectivity index (χ0v) is 16.9. The highest BCUT2D eigenvalue weighted by Crippen LogP contribution is 2.17. The lowest BCUT2D eigenvalue weighted by Crippen LogP contribution is -2.40. The van der Waals surface area contributed by atoms with Crippen molar-refractivity contribution in [2.75, 3.05) is 31.6 Å². The Balaban J connectivity index is 1.57. The van der Waals surface area contributed by atoms with E-state index in [1.54, 1.807) is 47.4 Å². The number of halogens is 1. The summed E-state index contributed by atoms with van der Waals surface area (Å²) in [5.74, 6) is -0.375. The summed E-state index contributed by atoms with van der Waals surface area (Å²) < 4.78 is 5.26. The third-order valence-electron chi connectivity index (χ3n) is 4.35. The van der Waals surface area contributed by atoms with Crippen LogP contribution >= 0.6 is 23.8 Å². The molecule has 0 aromatic heterocycles. The standard InChI is InChI=1S/C20H20ClN3O3S/c1-13-2-3-15(12-17(13)21)18(25)23-20(28)22-16-6-4-14(5-7-16)19(26)24-8-10-27-11-9-24/h2-7,12H,8-11H2,1H3,(H2,22,23,25,28). The summed E-state index contributed by atoms with van der Waals surface area (Å²) in [6.07, 6.45) is 0. The van der Waals surface area contributed by atoms with Gasteiger partial charge in [0.2, 0.25) is 0 Å². The number of morpholine rings is 1. The van der Waals surface area contributed by atoms with Crippen molar-refractivity contribution in [3.05, 3.63) is 64.2 Å². The number of rotatable bonds is 3. The van der Waals surface area contributed by atoms with Crippen molar-refractivity contribution >= 4 is 46.4 Å². The Morgan fingerprint density at radius 3 is 2.36 bits per heavy atom. The molecule has 0 aliphatic carbocycles. The van der Waals surface area contributed by atoms with Crippen LogP contribution in [0, 0.1) is 6.92 Å². The number of hydrogen-bond donors (Lipinski definition) is 2. The molecule has 0 bridgehead atoms. The van der Waals surface area contributed by atoms with E-state index in [2.05, 4.69) is 10.6 Å². The maximum atomic E-state index is 12.4. The van der Waals surface area contributed by atoms with E-state index in [1.165, 1.54) is 0 Å². The van der Waals surface area contributed by atoms with Crippen LogP contribution in [0.15, 0.2) is 42.5 Å². The van der Waals surface area contributed by atoms with Crippen molar-refractivity contribution in [3.63, 3.8) is 0 Å². The summed E-state index contributed by atoms with van der Waals surface area (Å²) in [4.78, 5) is 26.5. The first-order valence-corrected chi connectivity index (χ1v) is 9.58. The molecule has 146 valence electrons. The van der Waals surface area contributed by atoms with Crippen LogP contribution in [0.25, 0.3) is 0 Å². The molecular weight excluding hydrogens is 398 g/mol. The SMILES string of the molecule is Cc1ccc(C(=O)NC(=S)Nc2ccc(C(=O)N3CCOCC3)cc2)cc1Cl. The lowest BCUT2D eigenvalue weighted by atomic mass is 10.1. The predicted octanol–water partition coefficient (Wildman–Crippen LogP) is 3.25. The van der Waals surface area contributed by atoms with Gasteiger partial charge in [0, 0.05) is 34.9 Å². The van der Waals surface area contributed by atoms with Crippen LogP contribution in [-0.2, 0) is 4.74 Å². The van der Waals surface area contributed by atoms with E-state index >= 15 is 0 Å². The lowest BCUT2D eigenvalue weighted by Gasteiger charge is -2.26. The van der Waals surface area contributed by atoms with Crippen LogP contribution in [0.2, 0.25) is 5.02 Å². The van der Waals surface area contributed by atoms with Crippen molar-refractivity contribution in [2.24, 2.45) is 0 Å². The second-order valence-corrected chi connectivity index (χ2v) is 7.17. The van der Waals surface area contributed by atoms with Gasteiger partial charge in [-0.1, -0.05) is 17.7 Å². The molecule has 0 spiro atoms. The minimum atomic E-state index is -0.349. The number of nitrogens with one attached hydrogen (secondary N) is 2. The smallest absolute Gasteiger partial charge is 0.257 e. The van der Waals surface area contributed by atoms with Gasteiger partial charge in [0.1, 0.15) is 0 Å². The number of anilines is 1. The summed E-state index contributed by atoms with van der Waals surface area (Å²) in [7, 11) is 0. The number of nitrogens with zero attached hydrogens (tertiary/aromatic N) is 1. The fraction of sp³-hybridized carbons (Fsp3) is 0.250. The Labute approximate surface area is 173 Å². The third kappa shape index (κ3) is 5.07. The van der Waals surface area contributed by atoms with Gasteiger partial charge in [0.05, 0.1) is 13.2 Å². The van der Waals surface area contributed by atoms with Crippen molar-refractivity contribution in [1.29, 1.82) is 0 Å². The van der Waals surface area contributed by atoms with Crippen LogP contribution in [0.1, 0.15) is 26.3 Å². The molecule has 2 N–H and O–H groups in total.